The molecule has 0 saturated heterocycles. The van der Waals surface area contributed by atoms with Crippen LogP contribution in [-0.2, 0) is 0 Å². The monoisotopic (exact) mass is 286 g/mol. The Morgan fingerprint density at radius 2 is 1.85 bits per heavy atom. The summed E-state index contributed by atoms with van der Waals surface area (Å²) < 4.78 is 14.2. The van der Waals surface area contributed by atoms with Gasteiger partial charge in [0.25, 0.3) is 0 Å². The average Bonchev–Trinajstić information content (AvgIpc) is 2.91. The molecule has 0 aliphatic carbocycles. The minimum Gasteiger partial charge on any atom is -0.377 e. The fourth-order valence-electron chi connectivity index (χ4n) is 2.28. The lowest BCUT2D eigenvalue weighted by Gasteiger charge is -2.18. The van der Waals surface area contributed by atoms with Crippen molar-refractivity contribution in [3.63, 3.8) is 0 Å². The second-order valence-corrected chi connectivity index (χ2v) is 5.54. The van der Waals surface area contributed by atoms with E-state index in [0.717, 1.165) is 5.69 Å². The number of hydrogen-bond acceptors (Lipinski definition) is 3. The van der Waals surface area contributed by atoms with Crippen LogP contribution in [0.1, 0.15) is 11.6 Å². The number of rotatable bonds is 4. The van der Waals surface area contributed by atoms with E-state index in [9.17, 15) is 4.39 Å². The zero-order valence-corrected chi connectivity index (χ0v) is 11.7. The molecule has 4 heteroatoms. The van der Waals surface area contributed by atoms with Crippen LogP contribution in [0.2, 0.25) is 0 Å². The predicted octanol–water partition coefficient (Wildman–Crippen LogP) is 4.15. The quantitative estimate of drug-likeness (QED) is 0.756. The van der Waals surface area contributed by atoms with Crippen LogP contribution < -0.4 is 11.1 Å². The smallest absolute Gasteiger partial charge is 0.123 e. The van der Waals surface area contributed by atoms with E-state index in [1.54, 1.807) is 23.5 Å². The second-order valence-electron chi connectivity index (χ2n) is 4.63. The molecule has 2 aromatic carbocycles. The predicted molar refractivity (Wildman–Crippen MR) is 83.6 cm³/mol. The number of thiophene rings is 1. The van der Waals surface area contributed by atoms with Crippen LogP contribution in [0, 0.1) is 5.82 Å². The van der Waals surface area contributed by atoms with E-state index in [4.69, 9.17) is 5.73 Å². The number of fused-ring (bicyclic) bond motifs is 1. The highest BCUT2D eigenvalue weighted by atomic mass is 32.1. The molecule has 0 bridgehead atoms. The first kappa shape index (κ1) is 13.1. The molecule has 1 heterocycles. The van der Waals surface area contributed by atoms with Gasteiger partial charge in [0.05, 0.1) is 6.04 Å². The van der Waals surface area contributed by atoms with E-state index in [1.165, 1.54) is 27.8 Å². The van der Waals surface area contributed by atoms with Crippen LogP contribution in [0.4, 0.5) is 10.1 Å². The lowest BCUT2D eigenvalue weighted by Crippen LogP contribution is -2.20. The number of benzene rings is 2. The van der Waals surface area contributed by atoms with Crippen molar-refractivity contribution in [2.75, 3.05) is 11.9 Å². The molecule has 1 aromatic heterocycles. The maximum absolute atomic E-state index is 12.9. The maximum Gasteiger partial charge on any atom is 0.123 e. The third-order valence-electron chi connectivity index (χ3n) is 3.31. The van der Waals surface area contributed by atoms with Crippen LogP contribution in [0.25, 0.3) is 10.1 Å². The number of halogens is 1. The summed E-state index contributed by atoms with van der Waals surface area (Å²) in [5, 5.41) is 6.73. The van der Waals surface area contributed by atoms with Gasteiger partial charge in [-0.1, -0.05) is 18.2 Å². The van der Waals surface area contributed by atoms with E-state index in [1.807, 2.05) is 12.1 Å². The Morgan fingerprint density at radius 3 is 2.60 bits per heavy atom. The molecule has 0 fully saturated rings. The molecule has 1 atom stereocenters. The molecular weight excluding hydrogens is 271 g/mol. The van der Waals surface area contributed by atoms with Gasteiger partial charge in [0, 0.05) is 16.9 Å². The van der Waals surface area contributed by atoms with Gasteiger partial charge in [-0.05, 0) is 46.7 Å². The molecule has 0 aliphatic rings. The lowest BCUT2D eigenvalue weighted by atomic mass is 10.1. The normalized spacial score (nSPS) is 12.5. The average molecular weight is 286 g/mol. The van der Waals surface area contributed by atoms with E-state index in [-0.39, 0.29) is 11.9 Å². The van der Waals surface area contributed by atoms with Gasteiger partial charge in [0.15, 0.2) is 0 Å². The minimum atomic E-state index is -0.235. The number of nitrogens with two attached hydrogens (primary N) is 1. The van der Waals surface area contributed by atoms with Crippen LogP contribution in [-0.4, -0.2) is 6.54 Å². The summed E-state index contributed by atoms with van der Waals surface area (Å²) in [6.07, 6.45) is 0. The molecular formula is C16H15FN2S. The Bertz CT molecular complexity index is 706. The van der Waals surface area contributed by atoms with Crippen LogP contribution in [0.5, 0.6) is 0 Å². The summed E-state index contributed by atoms with van der Waals surface area (Å²) >= 11 is 1.72. The Morgan fingerprint density at radius 1 is 1.10 bits per heavy atom. The maximum atomic E-state index is 12.9. The van der Waals surface area contributed by atoms with Crippen molar-refractivity contribution in [1.29, 1.82) is 0 Å². The van der Waals surface area contributed by atoms with Crippen molar-refractivity contribution in [3.05, 3.63) is 65.3 Å². The molecule has 102 valence electrons. The van der Waals surface area contributed by atoms with Gasteiger partial charge >= 0.3 is 0 Å². The number of anilines is 1. The summed E-state index contributed by atoms with van der Waals surface area (Å²) in [5.74, 6) is -0.235. The first-order chi connectivity index (χ1) is 9.78. The van der Waals surface area contributed by atoms with Gasteiger partial charge in [-0.25, -0.2) is 4.39 Å². The molecule has 0 amide bonds. The van der Waals surface area contributed by atoms with E-state index >= 15 is 0 Å². The number of hydrogen-bond donors (Lipinski definition) is 2. The summed E-state index contributed by atoms with van der Waals surface area (Å²) in [4.78, 5) is 0. The highest BCUT2D eigenvalue weighted by molar-refractivity contribution is 7.17. The van der Waals surface area contributed by atoms with E-state index in [0.29, 0.717) is 6.54 Å². The van der Waals surface area contributed by atoms with Gasteiger partial charge in [-0.3, -0.25) is 0 Å². The van der Waals surface area contributed by atoms with Crippen LogP contribution >= 0.6 is 11.3 Å². The van der Waals surface area contributed by atoms with Crippen molar-refractivity contribution >= 4 is 27.1 Å². The highest BCUT2D eigenvalue weighted by Crippen LogP contribution is 2.31. The summed E-state index contributed by atoms with van der Waals surface area (Å²) in [6.45, 7) is 0.484. The SMILES string of the molecule is NCC(Nc1ccc(F)cc1)c1csc2ccccc12. The van der Waals surface area contributed by atoms with Crippen molar-refractivity contribution in [3.8, 4) is 0 Å². The minimum absolute atomic E-state index is 0.0246. The zero-order chi connectivity index (χ0) is 13.9. The Hall–Kier alpha value is -1.91. The van der Waals surface area contributed by atoms with Gasteiger partial charge in [0.2, 0.25) is 0 Å². The molecule has 0 radical (unpaired) electrons. The Labute approximate surface area is 121 Å². The van der Waals surface area contributed by atoms with Crippen molar-refractivity contribution < 1.29 is 4.39 Å². The summed E-state index contributed by atoms with van der Waals surface area (Å²) in [5.41, 5.74) is 7.97. The molecule has 20 heavy (non-hydrogen) atoms. The fourth-order valence-corrected chi connectivity index (χ4v) is 3.29. The van der Waals surface area contributed by atoms with Crippen LogP contribution in [0.15, 0.2) is 53.9 Å². The molecule has 3 rings (SSSR count). The van der Waals surface area contributed by atoms with Crippen LogP contribution in [0.3, 0.4) is 0 Å². The molecule has 3 N–H and O–H groups in total. The molecule has 0 spiro atoms. The Balaban J connectivity index is 1.91. The molecule has 0 saturated carbocycles. The van der Waals surface area contributed by atoms with Crippen molar-refractivity contribution in [2.45, 2.75) is 6.04 Å². The summed E-state index contributed by atoms with van der Waals surface area (Å²) in [6, 6.07) is 14.7. The standard InChI is InChI=1S/C16H15FN2S/c17-11-5-7-12(8-6-11)19-15(9-18)14-10-20-16-4-2-1-3-13(14)16/h1-8,10,15,19H,9,18H2. The van der Waals surface area contributed by atoms with E-state index in [2.05, 4.69) is 22.8 Å². The van der Waals surface area contributed by atoms with Gasteiger partial charge in [0.1, 0.15) is 5.82 Å². The zero-order valence-electron chi connectivity index (χ0n) is 10.8. The number of nitrogens with one attached hydrogen (secondary N) is 1. The first-order valence-electron chi connectivity index (χ1n) is 6.46. The second kappa shape index (κ2) is 5.61. The molecule has 3 aromatic rings. The Kier molecular flexibility index (Phi) is 3.67. The van der Waals surface area contributed by atoms with Gasteiger partial charge in [-0.15, -0.1) is 11.3 Å². The summed E-state index contributed by atoms with van der Waals surface area (Å²) in [7, 11) is 0. The van der Waals surface area contributed by atoms with Crippen molar-refractivity contribution in [2.24, 2.45) is 5.73 Å². The van der Waals surface area contributed by atoms with Gasteiger partial charge < -0.3 is 11.1 Å². The lowest BCUT2D eigenvalue weighted by molar-refractivity contribution is 0.628. The topological polar surface area (TPSA) is 38.0 Å². The highest BCUT2D eigenvalue weighted by Gasteiger charge is 2.14. The molecule has 0 aliphatic heterocycles. The van der Waals surface area contributed by atoms with Crippen molar-refractivity contribution in [1.82, 2.24) is 0 Å². The third-order valence-corrected chi connectivity index (χ3v) is 4.29. The van der Waals surface area contributed by atoms with E-state index < -0.39 is 0 Å². The third kappa shape index (κ3) is 2.53. The van der Waals surface area contributed by atoms with Gasteiger partial charge in [-0.2, -0.15) is 0 Å². The molecule has 1 unspecified atom stereocenters. The first-order valence-corrected chi connectivity index (χ1v) is 7.34. The fraction of sp³-hybridized carbons (Fsp3) is 0.125. The molecule has 2 nitrogen and oxygen atoms in total. The largest absolute Gasteiger partial charge is 0.377 e.